The summed E-state index contributed by atoms with van der Waals surface area (Å²) in [6.45, 7) is 2.69. The van der Waals surface area contributed by atoms with Gasteiger partial charge < -0.3 is 9.47 Å². The van der Waals surface area contributed by atoms with E-state index in [4.69, 9.17) is 37.5 Å². The van der Waals surface area contributed by atoms with E-state index in [2.05, 4.69) is 0 Å². The Morgan fingerprint density at radius 3 is 2.20 bits per heavy atom. The van der Waals surface area contributed by atoms with Crippen LogP contribution in [0.3, 0.4) is 0 Å². The SMILES string of the molecule is CCOc1cc([C@@H]2[C@H]3C(=O)N(c4ccc(Cl)c(Cl)c4)C(=O)[C@H]3ON2c2ccccc2)ccc1OCc1ccccc1. The minimum atomic E-state index is -1.02. The first-order valence-electron chi connectivity index (χ1n) is 13.2. The minimum absolute atomic E-state index is 0.248. The Hall–Kier alpha value is -4.04. The average Bonchev–Trinajstić information content (AvgIpc) is 3.50. The van der Waals surface area contributed by atoms with Crippen molar-refractivity contribution in [2.75, 3.05) is 16.6 Å². The van der Waals surface area contributed by atoms with E-state index in [-0.39, 0.29) is 10.9 Å². The van der Waals surface area contributed by atoms with Crippen LogP contribution in [0.2, 0.25) is 10.0 Å². The van der Waals surface area contributed by atoms with Crippen LogP contribution >= 0.6 is 23.2 Å². The number of amides is 2. The van der Waals surface area contributed by atoms with Crippen LogP contribution in [0.1, 0.15) is 24.1 Å². The van der Waals surface area contributed by atoms with Crippen LogP contribution in [0, 0.1) is 5.92 Å². The third-order valence-electron chi connectivity index (χ3n) is 7.13. The van der Waals surface area contributed by atoms with Gasteiger partial charge >= 0.3 is 0 Å². The van der Waals surface area contributed by atoms with Crippen molar-refractivity contribution in [3.05, 3.63) is 118 Å². The molecular weight excluding hydrogens is 563 g/mol. The molecule has 3 atom stereocenters. The van der Waals surface area contributed by atoms with E-state index < -0.39 is 24.0 Å². The number of imide groups is 1. The van der Waals surface area contributed by atoms with Gasteiger partial charge in [0.1, 0.15) is 12.5 Å². The van der Waals surface area contributed by atoms with Crippen LogP contribution in [0.25, 0.3) is 0 Å². The van der Waals surface area contributed by atoms with Crippen molar-refractivity contribution < 1.29 is 23.9 Å². The summed E-state index contributed by atoms with van der Waals surface area (Å²) in [5.41, 5.74) is 2.83. The number of anilines is 2. The molecule has 208 valence electrons. The van der Waals surface area contributed by atoms with Crippen LogP contribution in [-0.4, -0.2) is 24.5 Å². The molecule has 2 aliphatic heterocycles. The van der Waals surface area contributed by atoms with E-state index in [0.29, 0.717) is 35.4 Å². The summed E-state index contributed by atoms with van der Waals surface area (Å²) < 4.78 is 12.1. The summed E-state index contributed by atoms with van der Waals surface area (Å²) >= 11 is 12.3. The monoisotopic (exact) mass is 588 g/mol. The smallest absolute Gasteiger partial charge is 0.266 e. The lowest BCUT2D eigenvalue weighted by Crippen LogP contribution is -2.37. The van der Waals surface area contributed by atoms with Crippen LogP contribution in [0.15, 0.2) is 97.1 Å². The molecule has 0 saturated carbocycles. The lowest BCUT2D eigenvalue weighted by atomic mass is 9.90. The van der Waals surface area contributed by atoms with Gasteiger partial charge in [0.25, 0.3) is 5.91 Å². The highest BCUT2D eigenvalue weighted by molar-refractivity contribution is 6.42. The molecule has 0 bridgehead atoms. The van der Waals surface area contributed by atoms with Crippen molar-refractivity contribution in [1.82, 2.24) is 0 Å². The van der Waals surface area contributed by atoms with Gasteiger partial charge in [-0.3, -0.25) is 14.4 Å². The second-order valence-electron chi connectivity index (χ2n) is 9.68. The molecule has 6 rings (SSSR count). The third kappa shape index (κ3) is 5.12. The Labute approximate surface area is 247 Å². The summed E-state index contributed by atoms with van der Waals surface area (Å²) in [5, 5.41) is 2.22. The number of para-hydroxylation sites is 1. The Morgan fingerprint density at radius 1 is 0.756 bits per heavy atom. The molecule has 0 N–H and O–H groups in total. The zero-order chi connectivity index (χ0) is 28.5. The number of hydrogen-bond acceptors (Lipinski definition) is 6. The Bertz CT molecular complexity index is 1580. The maximum absolute atomic E-state index is 14.0. The van der Waals surface area contributed by atoms with Gasteiger partial charge in [0.15, 0.2) is 17.6 Å². The maximum Gasteiger partial charge on any atom is 0.266 e. The summed E-state index contributed by atoms with van der Waals surface area (Å²) in [6, 6.07) is 28.9. The van der Waals surface area contributed by atoms with Gasteiger partial charge in [-0.15, -0.1) is 0 Å². The number of hydroxylamine groups is 1. The summed E-state index contributed by atoms with van der Waals surface area (Å²) in [6.07, 6.45) is -1.02. The number of halogens is 2. The lowest BCUT2D eigenvalue weighted by Gasteiger charge is -2.29. The topological polar surface area (TPSA) is 68.3 Å². The van der Waals surface area contributed by atoms with Gasteiger partial charge in [-0.2, -0.15) is 0 Å². The van der Waals surface area contributed by atoms with Crippen molar-refractivity contribution in [2.24, 2.45) is 5.92 Å². The molecule has 2 aliphatic rings. The number of carbonyl (C=O) groups is 2. The van der Waals surface area contributed by atoms with Crippen molar-refractivity contribution in [3.8, 4) is 11.5 Å². The molecule has 2 saturated heterocycles. The first-order valence-corrected chi connectivity index (χ1v) is 14.0. The fourth-order valence-electron chi connectivity index (χ4n) is 5.26. The maximum atomic E-state index is 14.0. The summed E-state index contributed by atoms with van der Waals surface area (Å²) in [4.78, 5) is 35.0. The van der Waals surface area contributed by atoms with E-state index in [0.717, 1.165) is 21.7 Å². The minimum Gasteiger partial charge on any atom is -0.490 e. The first kappa shape index (κ1) is 27.1. The second kappa shape index (κ2) is 11.4. The fraction of sp³-hybridized carbons (Fsp3) is 0.188. The zero-order valence-corrected chi connectivity index (χ0v) is 23.6. The Balaban J connectivity index is 1.38. The summed E-state index contributed by atoms with van der Waals surface area (Å²) in [7, 11) is 0. The molecule has 2 fully saturated rings. The van der Waals surface area contributed by atoms with Crippen LogP contribution in [0.4, 0.5) is 11.4 Å². The van der Waals surface area contributed by atoms with Gasteiger partial charge in [-0.1, -0.05) is 77.8 Å². The number of hydrogen-bond donors (Lipinski definition) is 0. The van der Waals surface area contributed by atoms with E-state index >= 15 is 0 Å². The van der Waals surface area contributed by atoms with Crippen LogP contribution in [0.5, 0.6) is 11.5 Å². The molecular formula is C32H26Cl2N2O5. The normalized spacial score (nSPS) is 19.9. The van der Waals surface area contributed by atoms with Crippen molar-refractivity contribution >= 4 is 46.4 Å². The highest BCUT2D eigenvalue weighted by Crippen LogP contribution is 2.49. The van der Waals surface area contributed by atoms with E-state index in [1.165, 1.54) is 6.07 Å². The number of benzene rings is 4. The number of ether oxygens (including phenoxy) is 2. The van der Waals surface area contributed by atoms with Crippen LogP contribution < -0.4 is 19.4 Å². The Kier molecular flexibility index (Phi) is 7.58. The second-order valence-corrected chi connectivity index (χ2v) is 10.5. The molecule has 9 heteroatoms. The molecule has 0 aromatic heterocycles. The molecule has 7 nitrogen and oxygen atoms in total. The third-order valence-corrected chi connectivity index (χ3v) is 7.87. The van der Waals surface area contributed by atoms with Gasteiger partial charge in [-0.25, -0.2) is 9.96 Å². The van der Waals surface area contributed by atoms with Gasteiger partial charge in [0.05, 0.1) is 34.1 Å². The molecule has 41 heavy (non-hydrogen) atoms. The molecule has 4 aromatic carbocycles. The fourth-order valence-corrected chi connectivity index (χ4v) is 5.55. The predicted molar refractivity (Wildman–Crippen MR) is 157 cm³/mol. The average molecular weight is 589 g/mol. The molecule has 4 aromatic rings. The number of fused-ring (bicyclic) bond motifs is 1. The zero-order valence-electron chi connectivity index (χ0n) is 22.1. The highest BCUT2D eigenvalue weighted by Gasteiger charge is 2.60. The largest absolute Gasteiger partial charge is 0.490 e. The molecule has 0 radical (unpaired) electrons. The molecule has 2 amide bonds. The Morgan fingerprint density at radius 2 is 1.49 bits per heavy atom. The van der Waals surface area contributed by atoms with Gasteiger partial charge in [-0.05, 0) is 60.5 Å². The highest BCUT2D eigenvalue weighted by atomic mass is 35.5. The van der Waals surface area contributed by atoms with Crippen molar-refractivity contribution in [3.63, 3.8) is 0 Å². The van der Waals surface area contributed by atoms with Crippen molar-refractivity contribution in [1.29, 1.82) is 0 Å². The van der Waals surface area contributed by atoms with Gasteiger partial charge in [0.2, 0.25) is 5.91 Å². The first-order chi connectivity index (χ1) is 20.0. The molecule has 2 heterocycles. The molecule has 0 unspecified atom stereocenters. The number of rotatable bonds is 8. The van der Waals surface area contributed by atoms with E-state index in [1.54, 1.807) is 17.2 Å². The quantitative estimate of drug-likeness (QED) is 0.206. The predicted octanol–water partition coefficient (Wildman–Crippen LogP) is 7.02. The number of nitrogens with zero attached hydrogens (tertiary/aromatic N) is 2. The molecule has 0 spiro atoms. The summed E-state index contributed by atoms with van der Waals surface area (Å²) in [5.74, 6) is -0.551. The van der Waals surface area contributed by atoms with E-state index in [1.807, 2.05) is 85.8 Å². The lowest BCUT2D eigenvalue weighted by molar-refractivity contribution is -0.126. The van der Waals surface area contributed by atoms with E-state index in [9.17, 15) is 9.59 Å². The number of carbonyl (C=O) groups excluding carboxylic acids is 2. The van der Waals surface area contributed by atoms with Crippen molar-refractivity contribution in [2.45, 2.75) is 25.7 Å². The molecule has 0 aliphatic carbocycles. The van der Waals surface area contributed by atoms with Crippen LogP contribution in [-0.2, 0) is 21.0 Å². The van der Waals surface area contributed by atoms with Gasteiger partial charge in [0, 0.05) is 0 Å². The standard InChI is InChI=1S/C32H26Cl2N2O5/c1-2-39-27-17-21(13-16-26(27)40-19-20-9-5-3-6-10-20)29-28-30(41-36(29)22-11-7-4-8-12-22)32(38)35(31(28)37)23-14-15-24(33)25(34)18-23/h3-18,28-30H,2,19H2,1H3/t28-,29-,30+/m1/s1.